The van der Waals surface area contributed by atoms with Crippen molar-refractivity contribution in [3.8, 4) is 0 Å². The normalized spacial score (nSPS) is 15.7. The van der Waals surface area contributed by atoms with Crippen LogP contribution in [0, 0.1) is 20.8 Å². The van der Waals surface area contributed by atoms with E-state index in [1.54, 1.807) is 4.90 Å². The molecule has 26 heavy (non-hydrogen) atoms. The zero-order chi connectivity index (χ0) is 19.0. The molecule has 0 saturated carbocycles. The van der Waals surface area contributed by atoms with Crippen LogP contribution in [0.5, 0.6) is 0 Å². The number of aryl methyl sites for hydroxylation is 3. The lowest BCUT2D eigenvalue weighted by molar-refractivity contribution is -0.121. The summed E-state index contributed by atoms with van der Waals surface area (Å²) >= 11 is 0. The van der Waals surface area contributed by atoms with E-state index in [1.807, 2.05) is 43.9 Å². The van der Waals surface area contributed by atoms with Crippen molar-refractivity contribution >= 4 is 23.2 Å². The van der Waals surface area contributed by atoms with Crippen LogP contribution >= 0.6 is 0 Å². The quantitative estimate of drug-likeness (QED) is 0.841. The molecule has 0 bridgehead atoms. The van der Waals surface area contributed by atoms with Gasteiger partial charge in [-0.2, -0.15) is 0 Å². The first kappa shape index (κ1) is 18.2. The van der Waals surface area contributed by atoms with E-state index in [1.165, 1.54) is 12.5 Å². The van der Waals surface area contributed by atoms with Gasteiger partial charge in [0.1, 0.15) is 6.54 Å². The molecule has 1 aliphatic heterocycles. The first-order valence-corrected chi connectivity index (χ1v) is 9.05. The van der Waals surface area contributed by atoms with Crippen molar-refractivity contribution in [2.75, 3.05) is 16.3 Å². The molecule has 0 aromatic heterocycles. The van der Waals surface area contributed by atoms with E-state index in [-0.39, 0.29) is 24.4 Å². The second kappa shape index (κ2) is 6.94. The minimum absolute atomic E-state index is 0.0444. The van der Waals surface area contributed by atoms with E-state index in [2.05, 4.69) is 25.1 Å². The van der Waals surface area contributed by atoms with Gasteiger partial charge >= 0.3 is 0 Å². The molecule has 0 N–H and O–H groups in total. The van der Waals surface area contributed by atoms with Gasteiger partial charge in [0.2, 0.25) is 11.8 Å². The number of nitrogens with zero attached hydrogens (tertiary/aromatic N) is 2. The number of benzene rings is 2. The Morgan fingerprint density at radius 2 is 1.73 bits per heavy atom. The van der Waals surface area contributed by atoms with Crippen LogP contribution in [-0.4, -0.2) is 24.4 Å². The largest absolute Gasteiger partial charge is 0.307 e. The summed E-state index contributed by atoms with van der Waals surface area (Å²) in [6, 6.07) is 12.2. The molecular formula is C22H26N2O2. The molecule has 1 heterocycles. The summed E-state index contributed by atoms with van der Waals surface area (Å²) in [5.74, 6) is -0.162. The van der Waals surface area contributed by atoms with Crippen molar-refractivity contribution in [2.24, 2.45) is 0 Å². The SMILES string of the molecule is CC(=O)N(CC(=O)N1c2ccccc2CC1C)c1c(C)cc(C)cc1C. The zero-order valence-electron chi connectivity index (χ0n) is 16.2. The Bertz CT molecular complexity index is 849. The van der Waals surface area contributed by atoms with Gasteiger partial charge in [0, 0.05) is 18.7 Å². The van der Waals surface area contributed by atoms with E-state index in [0.717, 1.165) is 34.5 Å². The molecule has 0 spiro atoms. The minimum Gasteiger partial charge on any atom is -0.307 e. The molecule has 0 aliphatic carbocycles. The maximum Gasteiger partial charge on any atom is 0.247 e. The Balaban J connectivity index is 1.93. The lowest BCUT2D eigenvalue weighted by Gasteiger charge is -2.29. The Morgan fingerprint density at radius 1 is 1.12 bits per heavy atom. The molecular weight excluding hydrogens is 324 g/mol. The van der Waals surface area contributed by atoms with E-state index >= 15 is 0 Å². The molecule has 4 heteroatoms. The fourth-order valence-corrected chi connectivity index (χ4v) is 4.10. The molecule has 2 amide bonds. The van der Waals surface area contributed by atoms with Crippen molar-refractivity contribution < 1.29 is 9.59 Å². The molecule has 136 valence electrons. The van der Waals surface area contributed by atoms with Crippen LogP contribution < -0.4 is 9.80 Å². The molecule has 1 unspecified atom stereocenters. The van der Waals surface area contributed by atoms with Crippen LogP contribution in [0.3, 0.4) is 0 Å². The average Bonchev–Trinajstić information content (AvgIpc) is 2.88. The highest BCUT2D eigenvalue weighted by molar-refractivity contribution is 6.05. The van der Waals surface area contributed by atoms with Crippen molar-refractivity contribution in [3.63, 3.8) is 0 Å². The number of anilines is 2. The number of para-hydroxylation sites is 1. The second-order valence-corrected chi connectivity index (χ2v) is 7.30. The van der Waals surface area contributed by atoms with Crippen molar-refractivity contribution in [1.82, 2.24) is 0 Å². The van der Waals surface area contributed by atoms with Gasteiger partial charge in [0.05, 0.1) is 5.69 Å². The first-order chi connectivity index (χ1) is 12.3. The van der Waals surface area contributed by atoms with Crippen molar-refractivity contribution in [3.05, 3.63) is 58.7 Å². The lowest BCUT2D eigenvalue weighted by Crippen LogP contribution is -2.45. The van der Waals surface area contributed by atoms with Gasteiger partial charge in [-0.05, 0) is 56.9 Å². The fourth-order valence-electron chi connectivity index (χ4n) is 4.10. The van der Waals surface area contributed by atoms with Gasteiger partial charge in [-0.15, -0.1) is 0 Å². The number of hydrogen-bond donors (Lipinski definition) is 0. The monoisotopic (exact) mass is 350 g/mol. The fraction of sp³-hybridized carbons (Fsp3) is 0.364. The Labute approximate surface area is 155 Å². The molecule has 4 nitrogen and oxygen atoms in total. The average molecular weight is 350 g/mol. The Kier molecular flexibility index (Phi) is 4.86. The van der Waals surface area contributed by atoms with Crippen LogP contribution in [0.4, 0.5) is 11.4 Å². The summed E-state index contributed by atoms with van der Waals surface area (Å²) in [6.45, 7) is 9.65. The predicted octanol–water partition coefficient (Wildman–Crippen LogP) is 3.94. The summed E-state index contributed by atoms with van der Waals surface area (Å²) < 4.78 is 0. The highest BCUT2D eigenvalue weighted by Gasteiger charge is 2.32. The van der Waals surface area contributed by atoms with Crippen LogP contribution in [0.2, 0.25) is 0 Å². The van der Waals surface area contributed by atoms with Crippen LogP contribution in [0.25, 0.3) is 0 Å². The number of carbonyl (C=O) groups excluding carboxylic acids is 2. The van der Waals surface area contributed by atoms with E-state index in [4.69, 9.17) is 0 Å². The summed E-state index contributed by atoms with van der Waals surface area (Å²) in [7, 11) is 0. The number of hydrogen-bond acceptors (Lipinski definition) is 2. The summed E-state index contributed by atoms with van der Waals surface area (Å²) in [5.41, 5.74) is 6.18. The summed E-state index contributed by atoms with van der Waals surface area (Å²) in [4.78, 5) is 28.9. The first-order valence-electron chi connectivity index (χ1n) is 9.05. The molecule has 0 radical (unpaired) electrons. The zero-order valence-corrected chi connectivity index (χ0v) is 16.2. The van der Waals surface area contributed by atoms with E-state index in [0.29, 0.717) is 0 Å². The van der Waals surface area contributed by atoms with Gasteiger partial charge in [0.15, 0.2) is 0 Å². The van der Waals surface area contributed by atoms with E-state index in [9.17, 15) is 9.59 Å². The second-order valence-electron chi connectivity index (χ2n) is 7.30. The van der Waals surface area contributed by atoms with Crippen LogP contribution in [0.15, 0.2) is 36.4 Å². The molecule has 0 fully saturated rings. The molecule has 0 saturated heterocycles. The van der Waals surface area contributed by atoms with Crippen molar-refractivity contribution in [2.45, 2.75) is 47.1 Å². The van der Waals surface area contributed by atoms with Gasteiger partial charge in [-0.3, -0.25) is 9.59 Å². The molecule has 2 aromatic rings. The summed E-state index contributed by atoms with van der Waals surface area (Å²) in [6.07, 6.45) is 0.852. The smallest absolute Gasteiger partial charge is 0.247 e. The molecule has 3 rings (SSSR count). The number of fused-ring (bicyclic) bond motifs is 1. The third kappa shape index (κ3) is 3.24. The predicted molar refractivity (Wildman–Crippen MR) is 106 cm³/mol. The topological polar surface area (TPSA) is 40.6 Å². The highest BCUT2D eigenvalue weighted by Crippen LogP contribution is 2.33. The third-order valence-electron chi connectivity index (χ3n) is 5.05. The third-order valence-corrected chi connectivity index (χ3v) is 5.05. The maximum absolute atomic E-state index is 13.1. The van der Waals surface area contributed by atoms with Crippen molar-refractivity contribution in [1.29, 1.82) is 0 Å². The van der Waals surface area contributed by atoms with Gasteiger partial charge < -0.3 is 9.80 Å². The Hall–Kier alpha value is -2.62. The molecule has 2 aromatic carbocycles. The lowest BCUT2D eigenvalue weighted by atomic mass is 10.0. The van der Waals surface area contributed by atoms with Gasteiger partial charge in [-0.25, -0.2) is 0 Å². The van der Waals surface area contributed by atoms with E-state index < -0.39 is 0 Å². The number of amides is 2. The number of carbonyl (C=O) groups is 2. The molecule has 1 aliphatic rings. The highest BCUT2D eigenvalue weighted by atomic mass is 16.2. The summed E-state index contributed by atoms with van der Waals surface area (Å²) in [5, 5.41) is 0. The van der Waals surface area contributed by atoms with Gasteiger partial charge in [0.25, 0.3) is 0 Å². The standard InChI is InChI=1S/C22H26N2O2/c1-14-10-15(2)22(16(3)11-14)23(18(5)25)13-21(26)24-17(4)12-19-8-6-7-9-20(19)24/h6-11,17H,12-13H2,1-5H3. The number of rotatable bonds is 3. The maximum atomic E-state index is 13.1. The van der Waals surface area contributed by atoms with Gasteiger partial charge in [-0.1, -0.05) is 35.9 Å². The van der Waals surface area contributed by atoms with Crippen LogP contribution in [0.1, 0.15) is 36.1 Å². The molecule has 1 atom stereocenters. The Morgan fingerprint density at radius 3 is 2.35 bits per heavy atom. The minimum atomic E-state index is -0.117. The van der Waals surface area contributed by atoms with Crippen LogP contribution in [-0.2, 0) is 16.0 Å².